The molecule has 5 atom stereocenters. The van der Waals surface area contributed by atoms with Crippen LogP contribution in [0.25, 0.3) is 0 Å². The van der Waals surface area contributed by atoms with E-state index in [0.29, 0.717) is 12.8 Å². The zero-order chi connectivity index (χ0) is 25.6. The maximum absolute atomic E-state index is 12.7. The van der Waals surface area contributed by atoms with Crippen LogP contribution in [0.2, 0.25) is 0 Å². The first kappa shape index (κ1) is 27.1. The zero-order valence-electron chi connectivity index (χ0n) is 20.2. The van der Waals surface area contributed by atoms with Gasteiger partial charge in [-0.3, -0.25) is 14.4 Å². The fraction of sp³-hybridized carbons (Fsp3) is 0.625. The van der Waals surface area contributed by atoms with Crippen LogP contribution in [-0.2, 0) is 47.7 Å². The summed E-state index contributed by atoms with van der Waals surface area (Å²) in [4.78, 5) is 61.2. The number of fused-ring (bicyclic) bond motifs is 1. The molecule has 1 saturated heterocycles. The standard InChI is InChI=1S/C24H32O10/c1-12(2)22(27)34-21-19-13(3)23(28)33-18(19)10-16(11-31-14(4)25)8-7-9-17(24(29)30-6)20(21)32-15(5)26/h9,12,16,18-21H,3,7-8,10-11H2,1-2,4-6H3/b17-9+/t16-,18-,19+,20-,21+/m1/s1. The quantitative estimate of drug-likeness (QED) is 0.316. The summed E-state index contributed by atoms with van der Waals surface area (Å²) in [5.41, 5.74) is -0.00183. The molecule has 2 aliphatic rings. The van der Waals surface area contributed by atoms with Crippen LogP contribution < -0.4 is 0 Å². The summed E-state index contributed by atoms with van der Waals surface area (Å²) in [5.74, 6) is -4.93. The van der Waals surface area contributed by atoms with Crippen molar-refractivity contribution in [1.82, 2.24) is 0 Å². The third kappa shape index (κ3) is 6.68. The second kappa shape index (κ2) is 11.8. The zero-order valence-corrected chi connectivity index (χ0v) is 20.2. The van der Waals surface area contributed by atoms with Crippen LogP contribution in [0, 0.1) is 17.8 Å². The van der Waals surface area contributed by atoms with Gasteiger partial charge in [0.1, 0.15) is 6.10 Å². The summed E-state index contributed by atoms with van der Waals surface area (Å²) in [7, 11) is 1.18. The predicted molar refractivity (Wildman–Crippen MR) is 117 cm³/mol. The molecule has 10 nitrogen and oxygen atoms in total. The fourth-order valence-electron chi connectivity index (χ4n) is 4.07. The molecule has 2 rings (SSSR count). The molecule has 0 radical (unpaired) electrons. The van der Waals surface area contributed by atoms with E-state index in [1.54, 1.807) is 19.9 Å². The maximum Gasteiger partial charge on any atom is 0.337 e. The van der Waals surface area contributed by atoms with Gasteiger partial charge in [0.15, 0.2) is 12.2 Å². The van der Waals surface area contributed by atoms with Crippen LogP contribution in [-0.4, -0.2) is 61.9 Å². The lowest BCUT2D eigenvalue weighted by Gasteiger charge is -2.35. The molecule has 188 valence electrons. The van der Waals surface area contributed by atoms with Crippen LogP contribution in [0.5, 0.6) is 0 Å². The monoisotopic (exact) mass is 480 g/mol. The number of carbonyl (C=O) groups is 5. The molecule has 0 N–H and O–H groups in total. The van der Waals surface area contributed by atoms with Gasteiger partial charge in [0, 0.05) is 19.4 Å². The van der Waals surface area contributed by atoms with E-state index in [0.717, 1.165) is 6.92 Å². The van der Waals surface area contributed by atoms with Gasteiger partial charge in [-0.05, 0) is 25.2 Å². The lowest BCUT2D eigenvalue weighted by molar-refractivity contribution is -0.174. The SMILES string of the molecule is C=C1C(=O)O[C@@H]2C[C@H](COC(C)=O)CC/C=C(/C(=O)OC)[C@@H](OC(C)=O)[C@@H](OC(=O)C(C)C)[C@@H]12. The van der Waals surface area contributed by atoms with Crippen molar-refractivity contribution < 1.29 is 47.7 Å². The lowest BCUT2D eigenvalue weighted by atomic mass is 9.80. The lowest BCUT2D eigenvalue weighted by Crippen LogP contribution is -2.47. The van der Waals surface area contributed by atoms with Gasteiger partial charge >= 0.3 is 29.8 Å². The number of allylic oxidation sites excluding steroid dienone is 1. The van der Waals surface area contributed by atoms with Gasteiger partial charge in [0.25, 0.3) is 0 Å². The van der Waals surface area contributed by atoms with Gasteiger partial charge in [0.2, 0.25) is 0 Å². The molecule has 0 unspecified atom stereocenters. The smallest absolute Gasteiger partial charge is 0.337 e. The normalized spacial score (nSPS) is 28.6. The third-order valence-electron chi connectivity index (χ3n) is 5.75. The first-order chi connectivity index (χ1) is 16.0. The molecule has 1 fully saturated rings. The average Bonchev–Trinajstić information content (AvgIpc) is 3.03. The van der Waals surface area contributed by atoms with Crippen molar-refractivity contribution in [3.63, 3.8) is 0 Å². The molecule has 0 amide bonds. The third-order valence-corrected chi connectivity index (χ3v) is 5.75. The number of ether oxygens (including phenoxy) is 5. The Kier molecular flexibility index (Phi) is 9.40. The summed E-state index contributed by atoms with van der Waals surface area (Å²) in [6.07, 6.45) is -0.781. The Morgan fingerprint density at radius 1 is 1.15 bits per heavy atom. The molecule has 0 saturated carbocycles. The number of hydrogen-bond donors (Lipinski definition) is 0. The maximum atomic E-state index is 12.7. The van der Waals surface area contributed by atoms with Gasteiger partial charge in [-0.2, -0.15) is 0 Å². The van der Waals surface area contributed by atoms with Crippen molar-refractivity contribution in [2.75, 3.05) is 13.7 Å². The first-order valence-corrected chi connectivity index (χ1v) is 11.1. The molecule has 0 bridgehead atoms. The van der Waals surface area contributed by atoms with Crippen LogP contribution in [0.15, 0.2) is 23.8 Å². The number of methoxy groups -OCH3 is 1. The van der Waals surface area contributed by atoms with Crippen LogP contribution >= 0.6 is 0 Å². The summed E-state index contributed by atoms with van der Waals surface area (Å²) >= 11 is 0. The van der Waals surface area contributed by atoms with E-state index in [1.165, 1.54) is 14.0 Å². The summed E-state index contributed by atoms with van der Waals surface area (Å²) in [6, 6.07) is 0. The van der Waals surface area contributed by atoms with E-state index in [4.69, 9.17) is 23.7 Å². The van der Waals surface area contributed by atoms with Gasteiger partial charge in [-0.15, -0.1) is 0 Å². The molecule has 10 heteroatoms. The number of hydrogen-bond acceptors (Lipinski definition) is 10. The highest BCUT2D eigenvalue weighted by Crippen LogP contribution is 2.40. The molecular weight excluding hydrogens is 448 g/mol. The Hall–Kier alpha value is -3.17. The Bertz CT molecular complexity index is 871. The van der Waals surface area contributed by atoms with E-state index < -0.39 is 60.0 Å². The molecular formula is C24H32O10. The van der Waals surface area contributed by atoms with E-state index in [1.807, 2.05) is 0 Å². The summed E-state index contributed by atoms with van der Waals surface area (Å²) in [6.45, 7) is 9.60. The van der Waals surface area contributed by atoms with Crippen LogP contribution in [0.3, 0.4) is 0 Å². The summed E-state index contributed by atoms with van der Waals surface area (Å²) in [5, 5.41) is 0. The van der Waals surface area contributed by atoms with Crippen molar-refractivity contribution in [3.8, 4) is 0 Å². The van der Waals surface area contributed by atoms with E-state index in [-0.39, 0.29) is 30.1 Å². The number of rotatable bonds is 6. The fourth-order valence-corrected chi connectivity index (χ4v) is 4.07. The highest BCUT2D eigenvalue weighted by Gasteiger charge is 2.51. The van der Waals surface area contributed by atoms with Gasteiger partial charge in [0.05, 0.1) is 31.1 Å². The van der Waals surface area contributed by atoms with Gasteiger partial charge in [-0.1, -0.05) is 26.5 Å². The minimum absolute atomic E-state index is 0.0275. The number of esters is 5. The average molecular weight is 481 g/mol. The molecule has 1 aliphatic carbocycles. The molecule has 1 aliphatic heterocycles. The van der Waals surface area contributed by atoms with Crippen molar-refractivity contribution in [3.05, 3.63) is 23.8 Å². The van der Waals surface area contributed by atoms with E-state index in [9.17, 15) is 24.0 Å². The van der Waals surface area contributed by atoms with Crippen LogP contribution in [0.1, 0.15) is 47.0 Å². The minimum Gasteiger partial charge on any atom is -0.466 e. The Morgan fingerprint density at radius 3 is 2.38 bits per heavy atom. The minimum atomic E-state index is -1.35. The predicted octanol–water partition coefficient (Wildman–Crippen LogP) is 2.05. The first-order valence-electron chi connectivity index (χ1n) is 11.1. The van der Waals surface area contributed by atoms with Gasteiger partial charge in [-0.25, -0.2) is 9.59 Å². The highest BCUT2D eigenvalue weighted by molar-refractivity contribution is 5.92. The molecule has 1 heterocycles. The second-order valence-corrected chi connectivity index (χ2v) is 8.71. The Balaban J connectivity index is 2.63. The van der Waals surface area contributed by atoms with Crippen molar-refractivity contribution in [2.45, 2.75) is 65.3 Å². The van der Waals surface area contributed by atoms with Crippen molar-refractivity contribution in [2.24, 2.45) is 17.8 Å². The molecule has 0 aromatic rings. The van der Waals surface area contributed by atoms with E-state index in [2.05, 4.69) is 6.58 Å². The Labute approximate surface area is 198 Å². The highest BCUT2D eigenvalue weighted by atomic mass is 16.6. The molecule has 0 aromatic heterocycles. The summed E-state index contributed by atoms with van der Waals surface area (Å²) < 4.78 is 26.9. The second-order valence-electron chi connectivity index (χ2n) is 8.71. The van der Waals surface area contributed by atoms with Gasteiger partial charge < -0.3 is 23.7 Å². The van der Waals surface area contributed by atoms with Crippen LogP contribution in [0.4, 0.5) is 0 Å². The Morgan fingerprint density at radius 2 is 1.82 bits per heavy atom. The topological polar surface area (TPSA) is 132 Å². The largest absolute Gasteiger partial charge is 0.466 e. The van der Waals surface area contributed by atoms with Crippen molar-refractivity contribution >= 4 is 29.8 Å². The van der Waals surface area contributed by atoms with Crippen molar-refractivity contribution in [1.29, 1.82) is 0 Å². The number of carbonyl (C=O) groups excluding carboxylic acids is 5. The molecule has 0 aromatic carbocycles. The molecule has 34 heavy (non-hydrogen) atoms. The molecule has 0 spiro atoms. The van der Waals surface area contributed by atoms with E-state index >= 15 is 0 Å².